The van der Waals surface area contributed by atoms with E-state index in [-0.39, 0.29) is 18.2 Å². The number of likely N-dealkylation sites (tertiary alicyclic amines) is 1. The van der Waals surface area contributed by atoms with Gasteiger partial charge in [-0.2, -0.15) is 0 Å². The number of nitrogens with one attached hydrogen (secondary N) is 1. The predicted octanol–water partition coefficient (Wildman–Crippen LogP) is 2.39. The lowest BCUT2D eigenvalue weighted by molar-refractivity contribution is -0.135. The highest BCUT2D eigenvalue weighted by atomic mass is 16.5. The molecule has 0 bridgehead atoms. The van der Waals surface area contributed by atoms with Crippen molar-refractivity contribution in [3.63, 3.8) is 0 Å². The molecule has 5 nitrogen and oxygen atoms in total. The van der Waals surface area contributed by atoms with Crippen LogP contribution in [-0.2, 0) is 16.0 Å². The molecular weight excluding hydrogens is 304 g/mol. The highest BCUT2D eigenvalue weighted by Gasteiger charge is 2.28. The summed E-state index contributed by atoms with van der Waals surface area (Å²) >= 11 is 0. The second kappa shape index (κ2) is 8.71. The fraction of sp³-hybridized carbons (Fsp3) is 0.579. The van der Waals surface area contributed by atoms with Crippen molar-refractivity contribution in [2.75, 3.05) is 20.2 Å². The molecule has 5 heteroatoms. The highest BCUT2D eigenvalue weighted by molar-refractivity contribution is 5.88. The zero-order valence-corrected chi connectivity index (χ0v) is 14.9. The fourth-order valence-corrected chi connectivity index (χ4v) is 3.02. The van der Waals surface area contributed by atoms with E-state index in [2.05, 4.69) is 19.2 Å². The Bertz CT molecular complexity index is 548. The normalized spacial score (nSPS) is 15.4. The van der Waals surface area contributed by atoms with E-state index in [0.29, 0.717) is 12.3 Å². The van der Waals surface area contributed by atoms with Crippen LogP contribution in [0, 0.1) is 5.92 Å². The van der Waals surface area contributed by atoms with Gasteiger partial charge in [0.05, 0.1) is 13.5 Å². The summed E-state index contributed by atoms with van der Waals surface area (Å²) in [6.45, 7) is 5.75. The molecule has 132 valence electrons. The molecule has 0 radical (unpaired) electrons. The minimum Gasteiger partial charge on any atom is -0.497 e. The molecule has 1 atom stereocenters. The average Bonchev–Trinajstić information content (AvgIpc) is 3.08. The van der Waals surface area contributed by atoms with Crippen LogP contribution >= 0.6 is 0 Å². The number of carbonyl (C=O) groups excluding carboxylic acids is 2. The van der Waals surface area contributed by atoms with E-state index in [1.165, 1.54) is 0 Å². The zero-order valence-electron chi connectivity index (χ0n) is 14.9. The molecule has 0 unspecified atom stereocenters. The largest absolute Gasteiger partial charge is 0.497 e. The first kappa shape index (κ1) is 18.3. The number of rotatable bonds is 7. The number of methoxy groups -OCH3 is 1. The Kier molecular flexibility index (Phi) is 6.64. The Hall–Kier alpha value is -2.04. The summed E-state index contributed by atoms with van der Waals surface area (Å²) in [5.74, 6) is 1.06. The van der Waals surface area contributed by atoms with Crippen LogP contribution in [-0.4, -0.2) is 43.0 Å². The Labute approximate surface area is 144 Å². The van der Waals surface area contributed by atoms with E-state index in [4.69, 9.17) is 4.74 Å². The summed E-state index contributed by atoms with van der Waals surface area (Å²) in [6, 6.07) is 7.00. The smallest absolute Gasteiger partial charge is 0.245 e. The first-order chi connectivity index (χ1) is 11.5. The topological polar surface area (TPSA) is 58.6 Å². The third-order valence-electron chi connectivity index (χ3n) is 4.28. The molecule has 1 N–H and O–H groups in total. The van der Waals surface area contributed by atoms with Crippen LogP contribution in [0.25, 0.3) is 0 Å². The van der Waals surface area contributed by atoms with Gasteiger partial charge < -0.3 is 15.0 Å². The van der Waals surface area contributed by atoms with Gasteiger partial charge >= 0.3 is 0 Å². The van der Waals surface area contributed by atoms with E-state index in [0.717, 1.165) is 37.2 Å². The van der Waals surface area contributed by atoms with Crippen molar-refractivity contribution in [1.82, 2.24) is 10.2 Å². The van der Waals surface area contributed by atoms with Gasteiger partial charge in [-0.15, -0.1) is 0 Å². The molecule has 24 heavy (non-hydrogen) atoms. The number of carbonyl (C=O) groups is 2. The van der Waals surface area contributed by atoms with Crippen LogP contribution in [0.4, 0.5) is 0 Å². The zero-order chi connectivity index (χ0) is 17.5. The molecule has 1 aliphatic heterocycles. The molecule has 0 aliphatic carbocycles. The summed E-state index contributed by atoms with van der Waals surface area (Å²) in [5.41, 5.74) is 0.908. The minimum absolute atomic E-state index is 0.0595. The summed E-state index contributed by atoms with van der Waals surface area (Å²) in [7, 11) is 1.61. The van der Waals surface area contributed by atoms with Gasteiger partial charge in [0.15, 0.2) is 0 Å². The number of nitrogens with zero attached hydrogens (tertiary/aromatic N) is 1. The molecule has 1 aromatic rings. The van der Waals surface area contributed by atoms with E-state index < -0.39 is 6.04 Å². The van der Waals surface area contributed by atoms with Crippen molar-refractivity contribution >= 4 is 11.8 Å². The summed E-state index contributed by atoms with van der Waals surface area (Å²) in [6.07, 6.45) is 3.05. The van der Waals surface area contributed by atoms with Gasteiger partial charge in [0.25, 0.3) is 0 Å². The van der Waals surface area contributed by atoms with Crippen LogP contribution in [0.2, 0.25) is 0 Å². The maximum absolute atomic E-state index is 12.6. The number of hydrogen-bond acceptors (Lipinski definition) is 3. The van der Waals surface area contributed by atoms with Crippen molar-refractivity contribution in [3.05, 3.63) is 29.8 Å². The van der Waals surface area contributed by atoms with Gasteiger partial charge in [-0.25, -0.2) is 0 Å². The van der Waals surface area contributed by atoms with Gasteiger partial charge in [-0.3, -0.25) is 9.59 Å². The molecule has 2 amide bonds. The van der Waals surface area contributed by atoms with Gasteiger partial charge in [-0.05, 0) is 42.9 Å². The van der Waals surface area contributed by atoms with Crippen molar-refractivity contribution in [3.8, 4) is 5.75 Å². The van der Waals surface area contributed by atoms with Gasteiger partial charge in [0.2, 0.25) is 11.8 Å². The van der Waals surface area contributed by atoms with Gasteiger partial charge in [0, 0.05) is 13.1 Å². The summed E-state index contributed by atoms with van der Waals surface area (Å²) < 4.78 is 5.12. The number of benzene rings is 1. The Morgan fingerprint density at radius 3 is 2.33 bits per heavy atom. The SMILES string of the molecule is COc1ccc(CC(=O)N[C@@H](CC(C)C)C(=O)N2CCCC2)cc1. The molecule has 1 aliphatic rings. The standard InChI is InChI=1S/C19H28N2O3/c1-14(2)12-17(19(23)21-10-4-5-11-21)20-18(22)13-15-6-8-16(24-3)9-7-15/h6-9,14,17H,4-5,10-13H2,1-3H3,(H,20,22)/t17-/m0/s1. The second-order valence-electron chi connectivity index (χ2n) is 6.81. The molecule has 2 rings (SSSR count). The highest BCUT2D eigenvalue weighted by Crippen LogP contribution is 2.15. The van der Waals surface area contributed by atoms with Gasteiger partial charge in [-0.1, -0.05) is 26.0 Å². The maximum Gasteiger partial charge on any atom is 0.245 e. The summed E-state index contributed by atoms with van der Waals surface area (Å²) in [4.78, 5) is 26.9. The Balaban J connectivity index is 1.96. The van der Waals surface area contributed by atoms with Crippen LogP contribution in [0.5, 0.6) is 5.75 Å². The van der Waals surface area contributed by atoms with Gasteiger partial charge in [0.1, 0.15) is 11.8 Å². The quantitative estimate of drug-likeness (QED) is 0.834. The lowest BCUT2D eigenvalue weighted by Gasteiger charge is -2.25. The van der Waals surface area contributed by atoms with Crippen molar-refractivity contribution in [2.45, 2.75) is 45.6 Å². The predicted molar refractivity (Wildman–Crippen MR) is 93.9 cm³/mol. The first-order valence-electron chi connectivity index (χ1n) is 8.70. The molecule has 1 heterocycles. The van der Waals surface area contributed by atoms with Crippen LogP contribution < -0.4 is 10.1 Å². The van der Waals surface area contributed by atoms with Crippen molar-refractivity contribution in [2.24, 2.45) is 5.92 Å². The van der Waals surface area contributed by atoms with E-state index in [9.17, 15) is 9.59 Å². The minimum atomic E-state index is -0.422. The molecule has 1 saturated heterocycles. The molecule has 0 aromatic heterocycles. The fourth-order valence-electron chi connectivity index (χ4n) is 3.02. The Morgan fingerprint density at radius 1 is 1.17 bits per heavy atom. The van der Waals surface area contributed by atoms with E-state index >= 15 is 0 Å². The molecular formula is C19H28N2O3. The number of ether oxygens (including phenoxy) is 1. The lowest BCUT2D eigenvalue weighted by atomic mass is 10.0. The lowest BCUT2D eigenvalue weighted by Crippen LogP contribution is -2.48. The number of hydrogen-bond donors (Lipinski definition) is 1. The Morgan fingerprint density at radius 2 is 1.79 bits per heavy atom. The van der Waals surface area contributed by atoms with E-state index in [1.807, 2.05) is 29.2 Å². The third-order valence-corrected chi connectivity index (χ3v) is 4.28. The third kappa shape index (κ3) is 5.25. The first-order valence-corrected chi connectivity index (χ1v) is 8.70. The molecule has 0 saturated carbocycles. The average molecular weight is 332 g/mol. The summed E-state index contributed by atoms with van der Waals surface area (Å²) in [5, 5.41) is 2.94. The van der Waals surface area contributed by atoms with Crippen LogP contribution in [0.15, 0.2) is 24.3 Å². The van der Waals surface area contributed by atoms with Crippen molar-refractivity contribution < 1.29 is 14.3 Å². The van der Waals surface area contributed by atoms with E-state index in [1.54, 1.807) is 7.11 Å². The molecule has 1 fully saturated rings. The molecule has 0 spiro atoms. The monoisotopic (exact) mass is 332 g/mol. The maximum atomic E-state index is 12.6. The number of amides is 2. The van der Waals surface area contributed by atoms with Crippen LogP contribution in [0.1, 0.15) is 38.7 Å². The second-order valence-corrected chi connectivity index (χ2v) is 6.81. The van der Waals surface area contributed by atoms with Crippen molar-refractivity contribution in [1.29, 1.82) is 0 Å². The molecule has 1 aromatic carbocycles. The van der Waals surface area contributed by atoms with Crippen LogP contribution in [0.3, 0.4) is 0 Å².